The molecule has 3 heteroatoms. The summed E-state index contributed by atoms with van der Waals surface area (Å²) in [5.74, 6) is -0.945. The molecule has 2 aromatic carbocycles. The van der Waals surface area contributed by atoms with Crippen LogP contribution in [0.2, 0.25) is 0 Å². The van der Waals surface area contributed by atoms with Crippen LogP contribution in [0.4, 0.5) is 0 Å². The SMILES string of the molecule is O=C(OCl)C(c1ccccc1)c1ccccc1. The first-order valence-corrected chi connectivity index (χ1v) is 5.56. The van der Waals surface area contributed by atoms with E-state index in [2.05, 4.69) is 4.29 Å². The Kier molecular flexibility index (Phi) is 3.78. The highest BCUT2D eigenvalue weighted by molar-refractivity contribution is 6.14. The summed E-state index contributed by atoms with van der Waals surface area (Å²) >= 11 is 5.20. The maximum Gasteiger partial charge on any atom is 0.336 e. The van der Waals surface area contributed by atoms with Gasteiger partial charge in [-0.1, -0.05) is 60.7 Å². The third-order valence-corrected chi connectivity index (χ3v) is 2.73. The van der Waals surface area contributed by atoms with Gasteiger partial charge >= 0.3 is 5.97 Å². The van der Waals surface area contributed by atoms with Crippen molar-refractivity contribution < 1.29 is 9.08 Å². The second-order valence-electron chi connectivity index (χ2n) is 3.65. The smallest absolute Gasteiger partial charge is 0.336 e. The lowest BCUT2D eigenvalue weighted by molar-refractivity contribution is -0.134. The van der Waals surface area contributed by atoms with Crippen molar-refractivity contribution in [2.75, 3.05) is 0 Å². The highest BCUT2D eigenvalue weighted by Crippen LogP contribution is 2.26. The van der Waals surface area contributed by atoms with Gasteiger partial charge in [0, 0.05) is 0 Å². The fraction of sp³-hybridized carbons (Fsp3) is 0.0714. The second kappa shape index (κ2) is 5.51. The molecular formula is C14H11ClO2. The van der Waals surface area contributed by atoms with Crippen LogP contribution in [0.5, 0.6) is 0 Å². The molecule has 0 aliphatic carbocycles. The molecule has 17 heavy (non-hydrogen) atoms. The van der Waals surface area contributed by atoms with Crippen molar-refractivity contribution >= 4 is 17.8 Å². The Hall–Kier alpha value is -1.80. The van der Waals surface area contributed by atoms with E-state index in [-0.39, 0.29) is 0 Å². The Bertz CT molecular complexity index is 443. The van der Waals surface area contributed by atoms with E-state index in [1.54, 1.807) is 0 Å². The minimum absolute atomic E-state index is 0.468. The van der Waals surface area contributed by atoms with Crippen LogP contribution in [0.3, 0.4) is 0 Å². The molecule has 0 radical (unpaired) electrons. The highest BCUT2D eigenvalue weighted by Gasteiger charge is 2.23. The van der Waals surface area contributed by atoms with E-state index < -0.39 is 11.9 Å². The van der Waals surface area contributed by atoms with Gasteiger partial charge in [-0.3, -0.25) is 0 Å². The predicted octanol–water partition coefficient (Wildman–Crippen LogP) is 3.52. The summed E-state index contributed by atoms with van der Waals surface area (Å²) in [4.78, 5) is 11.8. The van der Waals surface area contributed by atoms with E-state index in [1.165, 1.54) is 0 Å². The normalized spacial score (nSPS) is 10.2. The van der Waals surface area contributed by atoms with Crippen molar-refractivity contribution in [1.82, 2.24) is 0 Å². The lowest BCUT2D eigenvalue weighted by atomic mass is 9.92. The van der Waals surface area contributed by atoms with Crippen LogP contribution in [-0.4, -0.2) is 5.97 Å². The molecule has 86 valence electrons. The highest BCUT2D eigenvalue weighted by atomic mass is 35.5. The Morgan fingerprint density at radius 3 is 1.65 bits per heavy atom. The second-order valence-corrected chi connectivity index (χ2v) is 3.80. The van der Waals surface area contributed by atoms with E-state index in [0.717, 1.165) is 11.1 Å². The third-order valence-electron chi connectivity index (χ3n) is 2.58. The molecule has 0 fully saturated rings. The number of hydrogen-bond donors (Lipinski definition) is 0. The van der Waals surface area contributed by atoms with Crippen LogP contribution >= 0.6 is 11.9 Å². The van der Waals surface area contributed by atoms with Gasteiger partial charge in [-0.2, -0.15) is 0 Å². The first-order chi connectivity index (χ1) is 8.33. The van der Waals surface area contributed by atoms with Crippen LogP contribution in [0.15, 0.2) is 60.7 Å². The number of hydrogen-bond acceptors (Lipinski definition) is 2. The summed E-state index contributed by atoms with van der Waals surface area (Å²) in [7, 11) is 0. The average molecular weight is 247 g/mol. The molecule has 0 heterocycles. The van der Waals surface area contributed by atoms with Crippen molar-refractivity contribution in [2.24, 2.45) is 0 Å². The van der Waals surface area contributed by atoms with Gasteiger partial charge in [-0.05, 0) is 11.1 Å². The van der Waals surface area contributed by atoms with E-state index >= 15 is 0 Å². The van der Waals surface area contributed by atoms with Crippen LogP contribution in [0.1, 0.15) is 17.0 Å². The molecule has 0 saturated carbocycles. The zero-order valence-electron chi connectivity index (χ0n) is 9.05. The molecule has 0 aliphatic rings. The zero-order valence-corrected chi connectivity index (χ0v) is 9.80. The molecule has 2 rings (SSSR count). The molecule has 0 amide bonds. The average Bonchev–Trinajstić information content (AvgIpc) is 2.41. The van der Waals surface area contributed by atoms with Gasteiger partial charge in [0.15, 0.2) is 0 Å². The fourth-order valence-electron chi connectivity index (χ4n) is 1.80. The zero-order chi connectivity index (χ0) is 12.1. The van der Waals surface area contributed by atoms with Gasteiger partial charge in [0.1, 0.15) is 17.8 Å². The number of carbonyl (C=O) groups is 1. The summed E-state index contributed by atoms with van der Waals surface area (Å²) < 4.78 is 4.35. The topological polar surface area (TPSA) is 26.3 Å². The quantitative estimate of drug-likeness (QED) is 0.828. The Morgan fingerprint density at radius 1 is 0.882 bits per heavy atom. The molecule has 0 N–H and O–H groups in total. The van der Waals surface area contributed by atoms with Gasteiger partial charge < -0.3 is 4.29 Å². The monoisotopic (exact) mass is 246 g/mol. The van der Waals surface area contributed by atoms with E-state index in [4.69, 9.17) is 11.9 Å². The van der Waals surface area contributed by atoms with Gasteiger partial charge in [0.2, 0.25) is 0 Å². The van der Waals surface area contributed by atoms with E-state index in [0.29, 0.717) is 0 Å². The van der Waals surface area contributed by atoms with Gasteiger partial charge in [0.05, 0.1) is 0 Å². The van der Waals surface area contributed by atoms with Gasteiger partial charge in [0.25, 0.3) is 0 Å². The molecule has 2 aromatic rings. The predicted molar refractivity (Wildman–Crippen MR) is 66.7 cm³/mol. The number of halogens is 1. The standard InChI is InChI=1S/C14H11ClO2/c15-17-14(16)13(11-7-3-1-4-8-11)12-9-5-2-6-10-12/h1-10,13H. The van der Waals surface area contributed by atoms with Gasteiger partial charge in [-0.25, -0.2) is 4.79 Å². The molecule has 0 bridgehead atoms. The number of carbonyl (C=O) groups excluding carboxylic acids is 1. The van der Waals surface area contributed by atoms with Crippen molar-refractivity contribution in [3.63, 3.8) is 0 Å². The first kappa shape index (κ1) is 11.7. The molecule has 0 atom stereocenters. The van der Waals surface area contributed by atoms with Gasteiger partial charge in [-0.15, -0.1) is 0 Å². The fourth-order valence-corrected chi connectivity index (χ4v) is 1.89. The molecule has 0 spiro atoms. The Labute approximate surface area is 105 Å². The maximum absolute atomic E-state index is 11.8. The van der Waals surface area contributed by atoms with Crippen molar-refractivity contribution in [3.8, 4) is 0 Å². The summed E-state index contributed by atoms with van der Waals surface area (Å²) in [6.07, 6.45) is 0. The summed E-state index contributed by atoms with van der Waals surface area (Å²) in [6.45, 7) is 0. The van der Waals surface area contributed by atoms with Crippen LogP contribution < -0.4 is 0 Å². The summed E-state index contributed by atoms with van der Waals surface area (Å²) in [5, 5.41) is 0. The van der Waals surface area contributed by atoms with Crippen LogP contribution in [-0.2, 0) is 9.08 Å². The third kappa shape index (κ3) is 2.66. The Balaban J connectivity index is 2.43. The van der Waals surface area contributed by atoms with E-state index in [9.17, 15) is 4.79 Å². The lowest BCUT2D eigenvalue weighted by Gasteiger charge is -2.13. The minimum Gasteiger partial charge on any atom is -0.347 e. The van der Waals surface area contributed by atoms with Crippen molar-refractivity contribution in [1.29, 1.82) is 0 Å². The van der Waals surface area contributed by atoms with E-state index in [1.807, 2.05) is 60.7 Å². The summed E-state index contributed by atoms with van der Waals surface area (Å²) in [6, 6.07) is 18.8. The molecule has 0 aliphatic heterocycles. The first-order valence-electron chi connectivity index (χ1n) is 5.25. The molecule has 0 saturated heterocycles. The number of rotatable bonds is 3. The lowest BCUT2D eigenvalue weighted by Crippen LogP contribution is -2.13. The van der Waals surface area contributed by atoms with Crippen LogP contribution in [0, 0.1) is 0 Å². The number of benzene rings is 2. The van der Waals surface area contributed by atoms with Crippen molar-refractivity contribution in [3.05, 3.63) is 71.8 Å². The van der Waals surface area contributed by atoms with Crippen LogP contribution in [0.25, 0.3) is 0 Å². The largest absolute Gasteiger partial charge is 0.347 e. The maximum atomic E-state index is 11.8. The Morgan fingerprint density at radius 2 is 1.29 bits per heavy atom. The summed E-state index contributed by atoms with van der Waals surface area (Å²) in [5.41, 5.74) is 1.73. The molecule has 0 unspecified atom stereocenters. The van der Waals surface area contributed by atoms with Crippen molar-refractivity contribution in [2.45, 2.75) is 5.92 Å². The minimum atomic E-state index is -0.477. The molecular weight excluding hydrogens is 236 g/mol. The molecule has 2 nitrogen and oxygen atoms in total. The molecule has 0 aromatic heterocycles.